The molecule has 314 valence electrons. The minimum Gasteiger partial charge on any atom is -0.440 e. The zero-order chi connectivity index (χ0) is 43.6. The molecule has 0 saturated heterocycles. The normalized spacial score (nSPS) is 18.9. The van der Waals surface area contributed by atoms with E-state index in [9.17, 15) is 0 Å². The summed E-state index contributed by atoms with van der Waals surface area (Å²) in [5.41, 5.74) is 21.1. The highest BCUT2D eigenvalue weighted by Gasteiger charge is 2.50. The van der Waals surface area contributed by atoms with Crippen molar-refractivity contribution in [3.05, 3.63) is 136 Å². The van der Waals surface area contributed by atoms with Gasteiger partial charge in [-0.15, -0.1) is 0 Å². The minimum atomic E-state index is -0.131. The van der Waals surface area contributed by atoms with E-state index in [2.05, 4.69) is 197 Å². The summed E-state index contributed by atoms with van der Waals surface area (Å²) in [4.78, 5) is 5.22. The van der Waals surface area contributed by atoms with Crippen molar-refractivity contribution in [2.75, 3.05) is 9.71 Å². The van der Waals surface area contributed by atoms with Crippen molar-refractivity contribution in [3.63, 3.8) is 0 Å². The molecule has 0 unspecified atom stereocenters. The molecule has 4 heteroatoms. The van der Waals surface area contributed by atoms with Crippen LogP contribution >= 0.6 is 0 Å². The number of benzene rings is 6. The Kier molecular flexibility index (Phi) is 8.12. The Morgan fingerprint density at radius 1 is 0.565 bits per heavy atom. The molecule has 3 heterocycles. The average molecular weight is 815 g/mol. The van der Waals surface area contributed by atoms with Crippen LogP contribution < -0.4 is 20.6 Å². The summed E-state index contributed by atoms with van der Waals surface area (Å²) in [6.45, 7) is 30.9. The fraction of sp³-hybridized carbons (Fsp3) is 0.379. The number of hydrogen-bond acceptors (Lipinski definition) is 3. The lowest BCUT2D eigenvalue weighted by atomic mass is 9.43. The first kappa shape index (κ1) is 39.6. The minimum absolute atomic E-state index is 0.0429. The van der Waals surface area contributed by atoms with Gasteiger partial charge in [-0.1, -0.05) is 131 Å². The van der Waals surface area contributed by atoms with Gasteiger partial charge in [0.15, 0.2) is 0 Å². The lowest BCUT2D eigenvalue weighted by Crippen LogP contribution is -2.61. The second-order valence-corrected chi connectivity index (χ2v) is 23.3. The molecule has 0 bridgehead atoms. The number of hydrogen-bond donors (Lipinski definition) is 0. The van der Waals surface area contributed by atoms with Gasteiger partial charge < -0.3 is 9.23 Å². The number of anilines is 5. The lowest BCUT2D eigenvalue weighted by Gasteiger charge is -2.46. The Morgan fingerprint density at radius 2 is 1.16 bits per heavy atom. The average Bonchev–Trinajstić information content (AvgIpc) is 3.59. The van der Waals surface area contributed by atoms with Crippen LogP contribution in [0.2, 0.25) is 0 Å². The van der Waals surface area contributed by atoms with Crippen molar-refractivity contribution in [2.45, 2.75) is 143 Å². The molecule has 0 amide bonds. The first-order valence-electron chi connectivity index (χ1n) is 23.3. The third kappa shape index (κ3) is 5.56. The molecule has 0 atom stereocenters. The van der Waals surface area contributed by atoms with Crippen LogP contribution in [0, 0.1) is 13.8 Å². The maximum atomic E-state index is 7.58. The van der Waals surface area contributed by atoms with Gasteiger partial charge in [0, 0.05) is 33.5 Å². The molecule has 0 N–H and O–H groups in total. The SMILES string of the molecule is Cc1cc2c3c(c1)N(c1cc4c(cc1C)C(C)(C)CCC4(C)C)c1oc4cc5c(cc4c1B3N(c1ccc(C(C)(C)C)cc1)c1ccc3ccccc3c1-2)C(C)(C)CCC5(C)C. The highest BCUT2D eigenvalue weighted by Crippen LogP contribution is 2.55. The van der Waals surface area contributed by atoms with E-state index < -0.39 is 0 Å². The Hall–Kier alpha value is -5.22. The van der Waals surface area contributed by atoms with Gasteiger partial charge in [-0.05, 0) is 170 Å². The van der Waals surface area contributed by atoms with E-state index in [1.165, 1.54) is 106 Å². The molecule has 4 aliphatic rings. The van der Waals surface area contributed by atoms with Crippen molar-refractivity contribution in [2.24, 2.45) is 0 Å². The van der Waals surface area contributed by atoms with Crippen LogP contribution in [-0.4, -0.2) is 6.85 Å². The van der Waals surface area contributed by atoms with Gasteiger partial charge in [0.05, 0.1) is 5.69 Å². The monoisotopic (exact) mass is 815 g/mol. The van der Waals surface area contributed by atoms with Crippen LogP contribution in [0.1, 0.15) is 141 Å². The van der Waals surface area contributed by atoms with Gasteiger partial charge in [0.2, 0.25) is 5.88 Å². The molecular formula is C58H63BN2O. The number of furan rings is 1. The zero-order valence-corrected chi connectivity index (χ0v) is 39.4. The first-order chi connectivity index (χ1) is 29.2. The van der Waals surface area contributed by atoms with Crippen LogP contribution in [0.4, 0.5) is 28.6 Å². The Morgan fingerprint density at radius 3 is 1.81 bits per heavy atom. The van der Waals surface area contributed by atoms with E-state index in [-0.39, 0.29) is 33.9 Å². The van der Waals surface area contributed by atoms with Gasteiger partial charge in [-0.25, -0.2) is 0 Å². The highest BCUT2D eigenvalue weighted by molar-refractivity contribution is 6.95. The predicted molar refractivity (Wildman–Crippen MR) is 266 cm³/mol. The number of rotatable bonds is 2. The summed E-state index contributed by atoms with van der Waals surface area (Å²) >= 11 is 0. The summed E-state index contributed by atoms with van der Waals surface area (Å²) in [6, 6.07) is 38.2. The smallest absolute Gasteiger partial charge is 0.337 e. The maximum absolute atomic E-state index is 7.58. The number of aryl methyl sites for hydroxylation is 2. The van der Waals surface area contributed by atoms with Crippen molar-refractivity contribution in [1.29, 1.82) is 0 Å². The number of fused-ring (bicyclic) bond motifs is 10. The summed E-state index contributed by atoms with van der Waals surface area (Å²) in [6.07, 6.45) is 4.67. The van der Waals surface area contributed by atoms with E-state index in [0.717, 1.165) is 30.7 Å². The summed E-state index contributed by atoms with van der Waals surface area (Å²) in [7, 11) is 0. The quantitative estimate of drug-likeness (QED) is 0.162. The summed E-state index contributed by atoms with van der Waals surface area (Å²) in [5.74, 6) is 0.948. The fourth-order valence-corrected chi connectivity index (χ4v) is 12.0. The van der Waals surface area contributed by atoms with Crippen molar-refractivity contribution in [1.82, 2.24) is 0 Å². The van der Waals surface area contributed by atoms with Crippen LogP contribution in [-0.2, 0) is 27.1 Å². The molecule has 0 spiro atoms. The molecule has 2 aliphatic heterocycles. The van der Waals surface area contributed by atoms with E-state index >= 15 is 0 Å². The van der Waals surface area contributed by atoms with Gasteiger partial charge in [-0.3, -0.25) is 4.90 Å². The van der Waals surface area contributed by atoms with Crippen LogP contribution in [0.3, 0.4) is 0 Å². The van der Waals surface area contributed by atoms with Gasteiger partial charge in [0.1, 0.15) is 5.58 Å². The van der Waals surface area contributed by atoms with Crippen molar-refractivity contribution >= 4 is 68.1 Å². The van der Waals surface area contributed by atoms with E-state index in [4.69, 9.17) is 4.42 Å². The molecule has 7 aromatic rings. The molecule has 3 nitrogen and oxygen atoms in total. The molecular weight excluding hydrogens is 751 g/mol. The first-order valence-corrected chi connectivity index (χ1v) is 23.3. The van der Waals surface area contributed by atoms with E-state index in [0.29, 0.717) is 0 Å². The largest absolute Gasteiger partial charge is 0.440 e. The lowest BCUT2D eigenvalue weighted by molar-refractivity contribution is 0.332. The highest BCUT2D eigenvalue weighted by atomic mass is 16.4. The van der Waals surface area contributed by atoms with Gasteiger partial charge in [0.25, 0.3) is 0 Å². The maximum Gasteiger partial charge on any atom is 0.337 e. The van der Waals surface area contributed by atoms with Crippen LogP contribution in [0.25, 0.3) is 32.9 Å². The van der Waals surface area contributed by atoms with Crippen LogP contribution in [0.15, 0.2) is 101 Å². The third-order valence-corrected chi connectivity index (χ3v) is 16.1. The summed E-state index contributed by atoms with van der Waals surface area (Å²) in [5, 5.41) is 3.78. The zero-order valence-electron chi connectivity index (χ0n) is 39.4. The molecule has 62 heavy (non-hydrogen) atoms. The molecule has 0 fully saturated rings. The second kappa shape index (κ2) is 12.7. The molecule has 1 aromatic heterocycles. The van der Waals surface area contributed by atoms with E-state index in [1.807, 2.05) is 0 Å². The fourth-order valence-electron chi connectivity index (χ4n) is 12.0. The Balaban J connectivity index is 1.30. The van der Waals surface area contributed by atoms with E-state index in [1.54, 1.807) is 0 Å². The Labute approximate surface area is 370 Å². The van der Waals surface area contributed by atoms with Crippen molar-refractivity contribution in [3.8, 4) is 11.1 Å². The topological polar surface area (TPSA) is 19.6 Å². The molecule has 0 saturated carbocycles. The third-order valence-electron chi connectivity index (χ3n) is 16.1. The van der Waals surface area contributed by atoms with Gasteiger partial charge >= 0.3 is 6.85 Å². The molecule has 6 aromatic carbocycles. The Bertz CT molecular complexity index is 3040. The molecule has 2 aliphatic carbocycles. The summed E-state index contributed by atoms with van der Waals surface area (Å²) < 4.78 is 7.58. The predicted octanol–water partition coefficient (Wildman–Crippen LogP) is 14.9. The number of nitrogens with zero attached hydrogens (tertiary/aromatic N) is 2. The second-order valence-electron chi connectivity index (χ2n) is 23.3. The molecule has 11 rings (SSSR count). The standard InChI is InChI=1S/C58H63BN2O/c1-34-28-41-50-39-17-15-14-16-36(39)18-23-46(50)61(38-21-19-37(20-22-38)54(3,4)5)59-51(41)48(29-34)60(47-32-44-42(30-35(47)2)55(6,7)24-26-57(44,10)11)53-52(59)40-31-43-45(33-49(40)62-53)58(12,13)27-25-56(43,8)9/h14-23,28-33H,24-27H2,1-13H3. The van der Waals surface area contributed by atoms with Crippen molar-refractivity contribution < 1.29 is 4.42 Å². The van der Waals surface area contributed by atoms with Crippen LogP contribution in [0.5, 0.6) is 0 Å². The van der Waals surface area contributed by atoms with Gasteiger partial charge in [-0.2, -0.15) is 0 Å². The molecule has 0 radical (unpaired) electrons.